The van der Waals surface area contributed by atoms with Crippen LogP contribution in [0.4, 0.5) is 0 Å². The van der Waals surface area contributed by atoms with Gasteiger partial charge < -0.3 is 15.8 Å². The zero-order chi connectivity index (χ0) is 12.0. The van der Waals surface area contributed by atoms with E-state index in [9.17, 15) is 4.79 Å². The fourth-order valence-electron chi connectivity index (χ4n) is 2.06. The third-order valence-corrected chi connectivity index (χ3v) is 3.36. The van der Waals surface area contributed by atoms with Crippen molar-refractivity contribution in [3.05, 3.63) is 0 Å². The van der Waals surface area contributed by atoms with Crippen molar-refractivity contribution in [2.75, 3.05) is 19.7 Å². The lowest BCUT2D eigenvalue weighted by molar-refractivity contribution is -0.131. The first kappa shape index (κ1) is 13.5. The van der Waals surface area contributed by atoms with Crippen molar-refractivity contribution >= 4 is 5.91 Å². The minimum Gasteiger partial charge on any atom is -0.368 e. The number of nitrogens with two attached hydrogens (primary N) is 1. The molecule has 0 aromatic heterocycles. The number of nitrogens with one attached hydrogen (secondary N) is 1. The minimum atomic E-state index is -0.240. The van der Waals surface area contributed by atoms with Crippen molar-refractivity contribution < 1.29 is 9.53 Å². The van der Waals surface area contributed by atoms with Crippen LogP contribution in [-0.2, 0) is 9.53 Å². The molecule has 0 bridgehead atoms. The minimum absolute atomic E-state index is 0.0421. The van der Waals surface area contributed by atoms with Crippen molar-refractivity contribution in [1.82, 2.24) is 5.32 Å². The molecule has 1 heterocycles. The summed E-state index contributed by atoms with van der Waals surface area (Å²) in [5.74, 6) is 0.876. The van der Waals surface area contributed by atoms with Crippen molar-refractivity contribution in [2.45, 2.75) is 39.2 Å². The smallest absolute Gasteiger partial charge is 0.249 e. The van der Waals surface area contributed by atoms with Crippen molar-refractivity contribution in [1.29, 1.82) is 0 Å². The Morgan fingerprint density at radius 2 is 2.38 bits per heavy atom. The van der Waals surface area contributed by atoms with E-state index in [1.165, 1.54) is 0 Å². The van der Waals surface area contributed by atoms with Gasteiger partial charge in [0.2, 0.25) is 5.91 Å². The Labute approximate surface area is 97.9 Å². The lowest BCUT2D eigenvalue weighted by Gasteiger charge is -2.18. The monoisotopic (exact) mass is 228 g/mol. The van der Waals surface area contributed by atoms with E-state index >= 15 is 0 Å². The first-order chi connectivity index (χ1) is 7.69. The Morgan fingerprint density at radius 3 is 2.88 bits per heavy atom. The van der Waals surface area contributed by atoms with Gasteiger partial charge in [0.1, 0.15) is 6.10 Å². The van der Waals surface area contributed by atoms with E-state index < -0.39 is 0 Å². The predicted molar refractivity (Wildman–Crippen MR) is 64.0 cm³/mol. The average molecular weight is 228 g/mol. The molecule has 3 unspecified atom stereocenters. The number of hydrogen-bond acceptors (Lipinski definition) is 3. The van der Waals surface area contributed by atoms with Gasteiger partial charge in [-0.05, 0) is 31.2 Å². The summed E-state index contributed by atoms with van der Waals surface area (Å²) >= 11 is 0. The summed E-state index contributed by atoms with van der Waals surface area (Å²) in [5, 5.41) is 2.97. The summed E-state index contributed by atoms with van der Waals surface area (Å²) in [6.45, 7) is 6.30. The Bertz CT molecular complexity index is 221. The Hall–Kier alpha value is -0.610. The maximum atomic E-state index is 11.8. The van der Waals surface area contributed by atoms with Gasteiger partial charge in [0.05, 0.1) is 0 Å². The number of amides is 1. The number of ether oxygens (including phenoxy) is 1. The summed E-state index contributed by atoms with van der Waals surface area (Å²) in [5.41, 5.74) is 5.52. The van der Waals surface area contributed by atoms with Gasteiger partial charge in [-0.3, -0.25) is 4.79 Å². The SMILES string of the molecule is CCC(CCN)CNC(=O)C1OCCC1C. The number of rotatable bonds is 6. The van der Waals surface area contributed by atoms with Crippen molar-refractivity contribution in [3.8, 4) is 0 Å². The van der Waals surface area contributed by atoms with Crippen molar-refractivity contribution in [2.24, 2.45) is 17.6 Å². The van der Waals surface area contributed by atoms with Gasteiger partial charge in [-0.25, -0.2) is 0 Å². The molecule has 1 fully saturated rings. The van der Waals surface area contributed by atoms with E-state index in [2.05, 4.69) is 19.2 Å². The molecule has 4 nitrogen and oxygen atoms in total. The van der Waals surface area contributed by atoms with E-state index in [1.807, 2.05) is 0 Å². The first-order valence-electron chi connectivity index (χ1n) is 6.28. The lowest BCUT2D eigenvalue weighted by atomic mass is 10.0. The van der Waals surface area contributed by atoms with Crippen LogP contribution in [0.5, 0.6) is 0 Å². The maximum Gasteiger partial charge on any atom is 0.249 e. The molecule has 1 aliphatic heterocycles. The van der Waals surface area contributed by atoms with Gasteiger partial charge in [0.25, 0.3) is 0 Å². The molecule has 1 aliphatic rings. The number of hydrogen-bond donors (Lipinski definition) is 2. The van der Waals surface area contributed by atoms with Gasteiger partial charge >= 0.3 is 0 Å². The van der Waals surface area contributed by atoms with E-state index in [0.29, 0.717) is 25.0 Å². The van der Waals surface area contributed by atoms with Crippen molar-refractivity contribution in [3.63, 3.8) is 0 Å². The second-order valence-electron chi connectivity index (χ2n) is 4.65. The van der Waals surface area contributed by atoms with Crippen LogP contribution in [0.1, 0.15) is 33.1 Å². The fraction of sp³-hybridized carbons (Fsp3) is 0.917. The molecule has 16 heavy (non-hydrogen) atoms. The third kappa shape index (κ3) is 3.76. The highest BCUT2D eigenvalue weighted by atomic mass is 16.5. The second-order valence-corrected chi connectivity index (χ2v) is 4.65. The molecule has 0 aromatic carbocycles. The van der Waals surface area contributed by atoms with Crippen LogP contribution in [0.15, 0.2) is 0 Å². The summed E-state index contributed by atoms with van der Waals surface area (Å²) in [4.78, 5) is 11.8. The van der Waals surface area contributed by atoms with Crippen LogP contribution in [0.25, 0.3) is 0 Å². The van der Waals surface area contributed by atoms with Crippen LogP contribution in [0.2, 0.25) is 0 Å². The lowest BCUT2D eigenvalue weighted by Crippen LogP contribution is -2.39. The molecule has 0 aliphatic carbocycles. The molecule has 3 atom stereocenters. The molecular weight excluding hydrogens is 204 g/mol. The summed E-state index contributed by atoms with van der Waals surface area (Å²) < 4.78 is 5.42. The topological polar surface area (TPSA) is 64.3 Å². The molecule has 0 spiro atoms. The predicted octanol–water partition coefficient (Wildman–Crippen LogP) is 0.903. The molecular formula is C12H24N2O2. The molecule has 0 saturated carbocycles. The van der Waals surface area contributed by atoms with E-state index in [1.54, 1.807) is 0 Å². The van der Waals surface area contributed by atoms with Crippen LogP contribution in [-0.4, -0.2) is 31.7 Å². The van der Waals surface area contributed by atoms with E-state index in [-0.39, 0.29) is 12.0 Å². The standard InChI is InChI=1S/C12H24N2O2/c1-3-10(4-6-13)8-14-12(15)11-9(2)5-7-16-11/h9-11H,3-8,13H2,1-2H3,(H,14,15). The largest absolute Gasteiger partial charge is 0.368 e. The molecule has 0 aromatic rings. The normalized spacial score (nSPS) is 26.7. The number of carbonyl (C=O) groups is 1. The maximum absolute atomic E-state index is 11.8. The Kier molecular flexibility index (Phi) is 5.77. The van der Waals surface area contributed by atoms with Crippen LogP contribution in [0.3, 0.4) is 0 Å². The highest BCUT2D eigenvalue weighted by Crippen LogP contribution is 2.20. The van der Waals surface area contributed by atoms with Crippen LogP contribution in [0, 0.1) is 11.8 Å². The van der Waals surface area contributed by atoms with Gasteiger partial charge in [0, 0.05) is 13.2 Å². The van der Waals surface area contributed by atoms with Gasteiger partial charge in [-0.2, -0.15) is 0 Å². The highest BCUT2D eigenvalue weighted by molar-refractivity contribution is 5.81. The zero-order valence-corrected chi connectivity index (χ0v) is 10.4. The Morgan fingerprint density at radius 1 is 1.62 bits per heavy atom. The summed E-state index contributed by atoms with van der Waals surface area (Å²) in [7, 11) is 0. The first-order valence-corrected chi connectivity index (χ1v) is 6.28. The van der Waals surface area contributed by atoms with Gasteiger partial charge in [-0.15, -0.1) is 0 Å². The van der Waals surface area contributed by atoms with Crippen LogP contribution >= 0.6 is 0 Å². The third-order valence-electron chi connectivity index (χ3n) is 3.36. The molecule has 94 valence electrons. The molecule has 0 radical (unpaired) electrons. The molecule has 3 N–H and O–H groups in total. The Balaban J connectivity index is 2.28. The van der Waals surface area contributed by atoms with Gasteiger partial charge in [0.15, 0.2) is 0 Å². The van der Waals surface area contributed by atoms with Gasteiger partial charge in [-0.1, -0.05) is 20.3 Å². The average Bonchev–Trinajstić information content (AvgIpc) is 2.70. The fourth-order valence-corrected chi connectivity index (χ4v) is 2.06. The number of carbonyl (C=O) groups excluding carboxylic acids is 1. The van der Waals surface area contributed by atoms with Crippen LogP contribution < -0.4 is 11.1 Å². The quantitative estimate of drug-likeness (QED) is 0.710. The molecule has 1 rings (SSSR count). The summed E-state index contributed by atoms with van der Waals surface area (Å²) in [6.07, 6.45) is 2.77. The van der Waals surface area contributed by atoms with E-state index in [0.717, 1.165) is 25.8 Å². The summed E-state index contributed by atoms with van der Waals surface area (Å²) in [6, 6.07) is 0. The second kappa shape index (κ2) is 6.86. The highest BCUT2D eigenvalue weighted by Gasteiger charge is 2.30. The zero-order valence-electron chi connectivity index (χ0n) is 10.4. The molecule has 1 saturated heterocycles. The molecule has 1 amide bonds. The molecule has 4 heteroatoms. The van der Waals surface area contributed by atoms with E-state index in [4.69, 9.17) is 10.5 Å².